The lowest BCUT2D eigenvalue weighted by atomic mass is 10.3. The van der Waals surface area contributed by atoms with Gasteiger partial charge in [-0.2, -0.15) is 0 Å². The second-order valence-electron chi connectivity index (χ2n) is 5.17. The minimum absolute atomic E-state index is 0.426. The van der Waals surface area contributed by atoms with E-state index in [0.717, 1.165) is 22.9 Å². The van der Waals surface area contributed by atoms with Crippen molar-refractivity contribution < 1.29 is 4.42 Å². The molecule has 0 saturated heterocycles. The van der Waals surface area contributed by atoms with Crippen LogP contribution in [-0.4, -0.2) is 21.0 Å². The molecule has 108 valence electrons. The molecule has 0 spiro atoms. The summed E-state index contributed by atoms with van der Waals surface area (Å²) in [5, 5.41) is 11.5. The van der Waals surface area contributed by atoms with E-state index in [-0.39, 0.29) is 0 Å². The lowest BCUT2D eigenvalue weighted by molar-refractivity contribution is 0.471. The van der Waals surface area contributed by atoms with Gasteiger partial charge >= 0.3 is 0 Å². The first-order valence-corrected chi connectivity index (χ1v) is 7.02. The Bertz CT molecular complexity index is 700. The molecule has 0 aliphatic carbocycles. The lowest BCUT2D eigenvalue weighted by Crippen LogP contribution is -2.21. The van der Waals surface area contributed by atoms with Crippen LogP contribution >= 0.6 is 0 Å². The number of benzene rings is 1. The van der Waals surface area contributed by atoms with Crippen molar-refractivity contribution in [3.05, 3.63) is 54.4 Å². The van der Waals surface area contributed by atoms with Gasteiger partial charge in [0.05, 0.1) is 18.4 Å². The molecule has 0 bridgehead atoms. The fourth-order valence-electron chi connectivity index (χ4n) is 2.08. The van der Waals surface area contributed by atoms with E-state index in [1.54, 1.807) is 10.9 Å². The van der Waals surface area contributed by atoms with Gasteiger partial charge in [-0.1, -0.05) is 37.3 Å². The third-order valence-electron chi connectivity index (χ3n) is 3.15. The van der Waals surface area contributed by atoms with Crippen LogP contribution in [0.25, 0.3) is 17.1 Å². The minimum Gasteiger partial charge on any atom is -0.458 e. The fourth-order valence-corrected chi connectivity index (χ4v) is 2.08. The Hall–Kier alpha value is -2.40. The Morgan fingerprint density at radius 3 is 2.71 bits per heavy atom. The van der Waals surface area contributed by atoms with Crippen LogP contribution in [0.2, 0.25) is 0 Å². The molecule has 0 atom stereocenters. The van der Waals surface area contributed by atoms with Gasteiger partial charge in [-0.05, 0) is 24.3 Å². The van der Waals surface area contributed by atoms with Crippen LogP contribution in [0.5, 0.6) is 0 Å². The number of rotatable bonds is 5. The van der Waals surface area contributed by atoms with Gasteiger partial charge in [0, 0.05) is 6.04 Å². The number of aromatic nitrogens is 3. The SMILES string of the molecule is CC(C)NCc1ccc(-c2cnnn2-c2ccccc2)o1. The summed E-state index contributed by atoms with van der Waals surface area (Å²) in [5.74, 6) is 1.67. The Kier molecular flexibility index (Phi) is 3.83. The van der Waals surface area contributed by atoms with E-state index < -0.39 is 0 Å². The van der Waals surface area contributed by atoms with Crippen LogP contribution in [-0.2, 0) is 6.54 Å². The molecule has 0 saturated carbocycles. The number of nitrogens with one attached hydrogen (secondary N) is 1. The summed E-state index contributed by atoms with van der Waals surface area (Å²) in [4.78, 5) is 0. The molecule has 0 amide bonds. The topological polar surface area (TPSA) is 55.9 Å². The van der Waals surface area contributed by atoms with Crippen molar-refractivity contribution in [2.45, 2.75) is 26.4 Å². The largest absolute Gasteiger partial charge is 0.458 e. The summed E-state index contributed by atoms with van der Waals surface area (Å²) in [5.41, 5.74) is 1.81. The summed E-state index contributed by atoms with van der Waals surface area (Å²) in [6.45, 7) is 4.93. The summed E-state index contributed by atoms with van der Waals surface area (Å²) >= 11 is 0. The normalized spacial score (nSPS) is 11.2. The summed E-state index contributed by atoms with van der Waals surface area (Å²) < 4.78 is 7.65. The summed E-state index contributed by atoms with van der Waals surface area (Å²) in [6.07, 6.45) is 1.71. The molecule has 0 unspecified atom stereocenters. The molecule has 5 heteroatoms. The third-order valence-corrected chi connectivity index (χ3v) is 3.15. The van der Waals surface area contributed by atoms with Crippen LogP contribution in [0.4, 0.5) is 0 Å². The predicted octanol–water partition coefficient (Wildman–Crippen LogP) is 3.03. The van der Waals surface area contributed by atoms with Gasteiger partial charge in [0.2, 0.25) is 0 Å². The van der Waals surface area contributed by atoms with Crippen molar-refractivity contribution >= 4 is 0 Å². The highest BCUT2D eigenvalue weighted by Gasteiger charge is 2.12. The molecule has 21 heavy (non-hydrogen) atoms. The van der Waals surface area contributed by atoms with Crippen molar-refractivity contribution in [3.8, 4) is 17.1 Å². The zero-order chi connectivity index (χ0) is 14.7. The maximum absolute atomic E-state index is 5.88. The molecule has 0 aliphatic rings. The maximum Gasteiger partial charge on any atom is 0.154 e. The van der Waals surface area contributed by atoms with E-state index in [4.69, 9.17) is 4.42 Å². The number of hydrogen-bond donors (Lipinski definition) is 1. The van der Waals surface area contributed by atoms with E-state index in [9.17, 15) is 0 Å². The number of furan rings is 1. The first kappa shape index (κ1) is 13.6. The van der Waals surface area contributed by atoms with Gasteiger partial charge in [-0.25, -0.2) is 4.68 Å². The van der Waals surface area contributed by atoms with Crippen molar-refractivity contribution in [2.24, 2.45) is 0 Å². The zero-order valence-electron chi connectivity index (χ0n) is 12.2. The van der Waals surface area contributed by atoms with Gasteiger partial charge < -0.3 is 9.73 Å². The third kappa shape index (κ3) is 3.03. The highest BCUT2D eigenvalue weighted by molar-refractivity contribution is 5.55. The van der Waals surface area contributed by atoms with Crippen LogP contribution < -0.4 is 5.32 Å². The molecule has 1 aromatic carbocycles. The molecule has 0 aliphatic heterocycles. The molecule has 3 rings (SSSR count). The molecule has 2 heterocycles. The molecule has 5 nitrogen and oxygen atoms in total. The Morgan fingerprint density at radius 2 is 1.95 bits per heavy atom. The van der Waals surface area contributed by atoms with Crippen molar-refractivity contribution in [2.75, 3.05) is 0 Å². The Labute approximate surface area is 123 Å². The van der Waals surface area contributed by atoms with Gasteiger partial charge in [0.25, 0.3) is 0 Å². The quantitative estimate of drug-likeness (QED) is 0.781. The van der Waals surface area contributed by atoms with Crippen molar-refractivity contribution in [1.29, 1.82) is 0 Å². The second kappa shape index (κ2) is 5.93. The van der Waals surface area contributed by atoms with Crippen molar-refractivity contribution in [1.82, 2.24) is 20.3 Å². The number of hydrogen-bond acceptors (Lipinski definition) is 4. The van der Waals surface area contributed by atoms with Crippen LogP contribution in [0.15, 0.2) is 53.1 Å². The van der Waals surface area contributed by atoms with Crippen molar-refractivity contribution in [3.63, 3.8) is 0 Å². The predicted molar refractivity (Wildman–Crippen MR) is 81.0 cm³/mol. The minimum atomic E-state index is 0.426. The highest BCUT2D eigenvalue weighted by Crippen LogP contribution is 2.23. The Morgan fingerprint density at radius 1 is 1.14 bits per heavy atom. The monoisotopic (exact) mass is 282 g/mol. The molecular formula is C16H18N4O. The van der Waals surface area contributed by atoms with E-state index >= 15 is 0 Å². The van der Waals surface area contributed by atoms with E-state index in [2.05, 4.69) is 29.5 Å². The molecule has 2 aromatic heterocycles. The van der Waals surface area contributed by atoms with E-state index in [0.29, 0.717) is 12.6 Å². The Balaban J connectivity index is 1.87. The average molecular weight is 282 g/mol. The van der Waals surface area contributed by atoms with Gasteiger partial charge in [0.1, 0.15) is 11.5 Å². The van der Waals surface area contributed by atoms with E-state index in [1.165, 1.54) is 0 Å². The van der Waals surface area contributed by atoms with Gasteiger partial charge in [-0.15, -0.1) is 5.10 Å². The standard InChI is InChI=1S/C16H18N4O/c1-12(2)17-10-14-8-9-16(21-14)15-11-18-19-20(15)13-6-4-3-5-7-13/h3-9,11-12,17H,10H2,1-2H3. The second-order valence-corrected chi connectivity index (χ2v) is 5.17. The average Bonchev–Trinajstić information content (AvgIpc) is 3.14. The number of nitrogens with zero attached hydrogens (tertiary/aromatic N) is 3. The molecule has 0 radical (unpaired) electrons. The van der Waals surface area contributed by atoms with Crippen LogP contribution in [0.3, 0.4) is 0 Å². The first-order chi connectivity index (χ1) is 10.2. The smallest absolute Gasteiger partial charge is 0.154 e. The number of para-hydroxylation sites is 1. The van der Waals surface area contributed by atoms with Gasteiger partial charge in [0.15, 0.2) is 5.76 Å². The van der Waals surface area contributed by atoms with Gasteiger partial charge in [-0.3, -0.25) is 0 Å². The summed E-state index contributed by atoms with van der Waals surface area (Å²) in [7, 11) is 0. The molecule has 0 fully saturated rings. The van der Waals surface area contributed by atoms with Crippen LogP contribution in [0, 0.1) is 0 Å². The maximum atomic E-state index is 5.88. The highest BCUT2D eigenvalue weighted by atomic mass is 16.3. The molecular weight excluding hydrogens is 264 g/mol. The summed E-state index contributed by atoms with van der Waals surface area (Å²) in [6, 6.07) is 14.3. The molecule has 1 N–H and O–H groups in total. The fraction of sp³-hybridized carbons (Fsp3) is 0.250. The molecule has 3 aromatic rings. The first-order valence-electron chi connectivity index (χ1n) is 7.02. The lowest BCUT2D eigenvalue weighted by Gasteiger charge is -2.05. The zero-order valence-corrected chi connectivity index (χ0v) is 12.2. The van der Waals surface area contributed by atoms with Crippen LogP contribution in [0.1, 0.15) is 19.6 Å². The van der Waals surface area contributed by atoms with E-state index in [1.807, 2.05) is 42.5 Å².